The van der Waals surface area contributed by atoms with Gasteiger partial charge in [0.05, 0.1) is 7.11 Å². The number of rotatable bonds is 2. The van der Waals surface area contributed by atoms with Gasteiger partial charge in [-0.05, 0) is 15.9 Å². The molecule has 0 aliphatic rings. The van der Waals surface area contributed by atoms with E-state index in [9.17, 15) is 8.78 Å². The first kappa shape index (κ1) is 10.7. The Morgan fingerprint density at radius 3 is 2.69 bits per heavy atom. The van der Waals surface area contributed by atoms with Crippen LogP contribution in [0.1, 0.15) is 12.1 Å². The molecule has 1 heterocycles. The van der Waals surface area contributed by atoms with Gasteiger partial charge in [-0.15, -0.1) is 0 Å². The van der Waals surface area contributed by atoms with Crippen LogP contribution in [0, 0.1) is 0 Å². The standard InChI is InChI=1S/C7H5BrClF2NO/c1-13-4-2-3(7(10)11)12-6(8)5(4)9/h2,7H,1H3. The van der Waals surface area contributed by atoms with E-state index < -0.39 is 6.43 Å². The number of alkyl halides is 2. The SMILES string of the molecule is COc1cc(C(F)F)nc(Br)c1Cl. The lowest BCUT2D eigenvalue weighted by molar-refractivity contribution is 0.145. The minimum Gasteiger partial charge on any atom is -0.495 e. The average molecular weight is 272 g/mol. The van der Waals surface area contributed by atoms with Gasteiger partial charge in [-0.3, -0.25) is 0 Å². The van der Waals surface area contributed by atoms with E-state index in [1.807, 2.05) is 0 Å². The monoisotopic (exact) mass is 271 g/mol. The summed E-state index contributed by atoms with van der Waals surface area (Å²) < 4.78 is 29.4. The highest BCUT2D eigenvalue weighted by molar-refractivity contribution is 9.10. The van der Waals surface area contributed by atoms with E-state index in [1.54, 1.807) is 0 Å². The van der Waals surface area contributed by atoms with Crippen LogP contribution in [0.25, 0.3) is 0 Å². The number of pyridine rings is 1. The van der Waals surface area contributed by atoms with Crippen LogP contribution in [0.2, 0.25) is 5.02 Å². The van der Waals surface area contributed by atoms with Gasteiger partial charge in [0, 0.05) is 6.07 Å². The molecule has 0 radical (unpaired) electrons. The molecule has 6 heteroatoms. The van der Waals surface area contributed by atoms with E-state index in [-0.39, 0.29) is 21.1 Å². The van der Waals surface area contributed by atoms with Gasteiger partial charge in [-0.25, -0.2) is 13.8 Å². The summed E-state index contributed by atoms with van der Waals surface area (Å²) in [7, 11) is 1.35. The summed E-state index contributed by atoms with van der Waals surface area (Å²) in [6.07, 6.45) is -2.64. The van der Waals surface area contributed by atoms with E-state index >= 15 is 0 Å². The number of hydrogen-bond acceptors (Lipinski definition) is 2. The van der Waals surface area contributed by atoms with Crippen molar-refractivity contribution in [1.82, 2.24) is 4.98 Å². The summed E-state index contributed by atoms with van der Waals surface area (Å²) in [6, 6.07) is 1.11. The van der Waals surface area contributed by atoms with Crippen molar-refractivity contribution in [2.24, 2.45) is 0 Å². The maximum absolute atomic E-state index is 12.2. The van der Waals surface area contributed by atoms with Crippen molar-refractivity contribution in [2.45, 2.75) is 6.43 Å². The first-order valence-electron chi connectivity index (χ1n) is 3.24. The number of aromatic nitrogens is 1. The summed E-state index contributed by atoms with van der Waals surface area (Å²) >= 11 is 8.64. The van der Waals surface area contributed by atoms with E-state index in [0.717, 1.165) is 6.07 Å². The minimum atomic E-state index is -2.64. The van der Waals surface area contributed by atoms with Crippen molar-refractivity contribution in [2.75, 3.05) is 7.11 Å². The molecule has 0 aromatic carbocycles. The van der Waals surface area contributed by atoms with Crippen molar-refractivity contribution in [3.63, 3.8) is 0 Å². The highest BCUT2D eigenvalue weighted by Gasteiger charge is 2.15. The Labute approximate surface area is 87.0 Å². The fraction of sp³-hybridized carbons (Fsp3) is 0.286. The van der Waals surface area contributed by atoms with Crippen LogP contribution in [0.5, 0.6) is 5.75 Å². The van der Waals surface area contributed by atoms with Gasteiger partial charge in [-0.2, -0.15) is 0 Å². The average Bonchev–Trinajstić information content (AvgIpc) is 2.09. The Balaban J connectivity index is 3.22. The zero-order chi connectivity index (χ0) is 10.0. The van der Waals surface area contributed by atoms with E-state index in [0.29, 0.717) is 0 Å². The minimum absolute atomic E-state index is 0.156. The van der Waals surface area contributed by atoms with Gasteiger partial charge in [0.1, 0.15) is 21.1 Å². The second-order valence-corrected chi connectivity index (χ2v) is 3.28. The van der Waals surface area contributed by atoms with Crippen molar-refractivity contribution in [3.05, 3.63) is 21.4 Å². The number of hydrogen-bond donors (Lipinski definition) is 0. The first-order chi connectivity index (χ1) is 6.06. The Morgan fingerprint density at radius 2 is 2.23 bits per heavy atom. The van der Waals surface area contributed by atoms with Gasteiger partial charge in [0.2, 0.25) is 0 Å². The van der Waals surface area contributed by atoms with E-state index in [4.69, 9.17) is 16.3 Å². The summed E-state index contributed by atoms with van der Waals surface area (Å²) in [5.74, 6) is 0.179. The molecule has 72 valence electrons. The van der Waals surface area contributed by atoms with Crippen LogP contribution < -0.4 is 4.74 Å². The molecule has 0 aliphatic carbocycles. The topological polar surface area (TPSA) is 22.1 Å². The fourth-order valence-corrected chi connectivity index (χ4v) is 1.33. The molecule has 0 amide bonds. The molecule has 0 saturated carbocycles. The summed E-state index contributed by atoms with van der Waals surface area (Å²) in [4.78, 5) is 3.54. The van der Waals surface area contributed by atoms with E-state index in [1.165, 1.54) is 7.11 Å². The molecule has 0 spiro atoms. The maximum atomic E-state index is 12.2. The first-order valence-corrected chi connectivity index (χ1v) is 4.41. The van der Waals surface area contributed by atoms with E-state index in [2.05, 4.69) is 20.9 Å². The van der Waals surface area contributed by atoms with Gasteiger partial charge in [0.25, 0.3) is 6.43 Å². The van der Waals surface area contributed by atoms with Crippen LogP contribution in [-0.2, 0) is 0 Å². The Bertz CT molecular complexity index is 322. The highest BCUT2D eigenvalue weighted by Crippen LogP contribution is 2.33. The van der Waals surface area contributed by atoms with Crippen LogP contribution in [0.3, 0.4) is 0 Å². The molecular formula is C7H5BrClF2NO. The molecule has 1 aromatic heterocycles. The Morgan fingerprint density at radius 1 is 1.62 bits per heavy atom. The molecule has 2 nitrogen and oxygen atoms in total. The summed E-state index contributed by atoms with van der Waals surface area (Å²) in [5, 5.41) is 0.187. The molecule has 0 N–H and O–H groups in total. The molecule has 0 bridgehead atoms. The van der Waals surface area contributed by atoms with Gasteiger partial charge in [-0.1, -0.05) is 11.6 Å². The second kappa shape index (κ2) is 4.19. The molecule has 1 aromatic rings. The normalized spacial score (nSPS) is 10.6. The molecule has 0 atom stereocenters. The zero-order valence-corrected chi connectivity index (χ0v) is 8.86. The molecule has 13 heavy (non-hydrogen) atoms. The third-order valence-electron chi connectivity index (χ3n) is 1.35. The zero-order valence-electron chi connectivity index (χ0n) is 6.52. The maximum Gasteiger partial charge on any atom is 0.280 e. The van der Waals surface area contributed by atoms with Gasteiger partial charge < -0.3 is 4.74 Å². The van der Waals surface area contributed by atoms with Crippen LogP contribution in [0.15, 0.2) is 10.7 Å². The quantitative estimate of drug-likeness (QED) is 0.769. The second-order valence-electron chi connectivity index (χ2n) is 2.15. The van der Waals surface area contributed by atoms with Crippen molar-refractivity contribution < 1.29 is 13.5 Å². The molecular weight excluding hydrogens is 267 g/mol. The fourth-order valence-electron chi connectivity index (χ4n) is 0.754. The van der Waals surface area contributed by atoms with Crippen molar-refractivity contribution >= 4 is 27.5 Å². The number of halogens is 4. The lowest BCUT2D eigenvalue weighted by atomic mass is 10.3. The lowest BCUT2D eigenvalue weighted by Gasteiger charge is -2.06. The van der Waals surface area contributed by atoms with Gasteiger partial charge >= 0.3 is 0 Å². The Hall–Kier alpha value is -0.420. The molecule has 0 fully saturated rings. The number of nitrogens with zero attached hydrogens (tertiary/aromatic N) is 1. The van der Waals surface area contributed by atoms with Crippen LogP contribution in [-0.4, -0.2) is 12.1 Å². The number of methoxy groups -OCH3 is 1. The largest absolute Gasteiger partial charge is 0.495 e. The molecule has 0 aliphatic heterocycles. The summed E-state index contributed by atoms with van der Waals surface area (Å²) in [5.41, 5.74) is -0.367. The van der Waals surface area contributed by atoms with Gasteiger partial charge in [0.15, 0.2) is 0 Å². The molecule has 0 saturated heterocycles. The number of ether oxygens (including phenoxy) is 1. The van der Waals surface area contributed by atoms with Crippen molar-refractivity contribution in [1.29, 1.82) is 0 Å². The van der Waals surface area contributed by atoms with Crippen molar-refractivity contribution in [3.8, 4) is 5.75 Å². The third kappa shape index (κ3) is 2.28. The highest BCUT2D eigenvalue weighted by atomic mass is 79.9. The molecule has 0 unspecified atom stereocenters. The predicted octanol–water partition coefficient (Wildman–Crippen LogP) is 3.44. The lowest BCUT2D eigenvalue weighted by Crippen LogP contribution is -1.94. The predicted molar refractivity (Wildman–Crippen MR) is 48.5 cm³/mol. The molecule has 1 rings (SSSR count). The Kier molecular flexibility index (Phi) is 3.44. The summed E-state index contributed by atoms with van der Waals surface area (Å²) in [6.45, 7) is 0. The third-order valence-corrected chi connectivity index (χ3v) is 2.51. The van der Waals surface area contributed by atoms with Crippen LogP contribution >= 0.6 is 27.5 Å². The smallest absolute Gasteiger partial charge is 0.280 e. The van der Waals surface area contributed by atoms with Crippen LogP contribution in [0.4, 0.5) is 8.78 Å².